The zero-order valence-electron chi connectivity index (χ0n) is 16.1. The van der Waals surface area contributed by atoms with Gasteiger partial charge in [0.1, 0.15) is 17.2 Å². The number of fused-ring (bicyclic) bond motifs is 1. The summed E-state index contributed by atoms with van der Waals surface area (Å²) in [6, 6.07) is 10.8. The van der Waals surface area contributed by atoms with Gasteiger partial charge >= 0.3 is 5.97 Å². The highest BCUT2D eigenvalue weighted by Crippen LogP contribution is 2.31. The predicted octanol–water partition coefficient (Wildman–Crippen LogP) is 4.32. The Kier molecular flexibility index (Phi) is 5.51. The van der Waals surface area contributed by atoms with E-state index in [2.05, 4.69) is 17.9 Å². The highest BCUT2D eigenvalue weighted by Gasteiger charge is 2.29. The smallest absolute Gasteiger partial charge is 0.303 e. The minimum atomic E-state index is -0.790. The Balaban J connectivity index is 1.83. The topological polar surface area (TPSA) is 49.8 Å². The fraction of sp³-hybridized carbons (Fsp3) is 0.409. The van der Waals surface area contributed by atoms with Crippen LogP contribution in [0.25, 0.3) is 0 Å². The van der Waals surface area contributed by atoms with Gasteiger partial charge in [-0.15, -0.1) is 0 Å². The van der Waals surface area contributed by atoms with E-state index in [4.69, 9.17) is 9.84 Å². The molecule has 0 amide bonds. The maximum atomic E-state index is 13.7. The largest absolute Gasteiger partial charge is 0.486 e. The first-order valence-corrected chi connectivity index (χ1v) is 9.22. The van der Waals surface area contributed by atoms with Crippen LogP contribution in [0.5, 0.6) is 5.75 Å². The lowest BCUT2D eigenvalue weighted by atomic mass is 10.0. The minimum Gasteiger partial charge on any atom is -0.486 e. The molecule has 0 saturated carbocycles. The molecule has 0 saturated heterocycles. The first kappa shape index (κ1) is 19.4. The van der Waals surface area contributed by atoms with E-state index in [1.165, 1.54) is 6.07 Å². The fourth-order valence-corrected chi connectivity index (χ4v) is 3.59. The van der Waals surface area contributed by atoms with E-state index < -0.39 is 11.6 Å². The van der Waals surface area contributed by atoms with Gasteiger partial charge in [-0.05, 0) is 62.1 Å². The summed E-state index contributed by atoms with van der Waals surface area (Å²) in [6.07, 6.45) is 0.644. The standard InChI is InChI=1S/C22H26FNO3/c1-15-4-5-16(6-9-21(25)26)10-17(15)12-24-13-18-11-19(23)7-8-20(18)27-22(2,3)14-24/h4-5,7-8,10-11H,6,9,12-14H2,1-3H3,(H,25,26). The lowest BCUT2D eigenvalue weighted by Crippen LogP contribution is -2.40. The molecule has 3 rings (SSSR count). The lowest BCUT2D eigenvalue weighted by molar-refractivity contribution is -0.136. The molecule has 5 heteroatoms. The van der Waals surface area contributed by atoms with Crippen LogP contribution in [0, 0.1) is 12.7 Å². The van der Waals surface area contributed by atoms with Crippen LogP contribution in [0.3, 0.4) is 0 Å². The van der Waals surface area contributed by atoms with Crippen molar-refractivity contribution in [2.24, 2.45) is 0 Å². The van der Waals surface area contributed by atoms with Crippen molar-refractivity contribution in [2.75, 3.05) is 6.54 Å². The molecular weight excluding hydrogens is 345 g/mol. The molecule has 0 radical (unpaired) electrons. The number of aliphatic carboxylic acids is 1. The molecule has 1 aliphatic rings. The molecule has 0 atom stereocenters. The molecule has 2 aromatic rings. The first-order chi connectivity index (χ1) is 12.7. The Morgan fingerprint density at radius 3 is 2.78 bits per heavy atom. The van der Waals surface area contributed by atoms with E-state index in [0.717, 1.165) is 28.0 Å². The molecule has 27 heavy (non-hydrogen) atoms. The van der Waals surface area contributed by atoms with Crippen LogP contribution >= 0.6 is 0 Å². The van der Waals surface area contributed by atoms with E-state index in [-0.39, 0.29) is 12.2 Å². The number of ether oxygens (including phenoxy) is 1. The van der Waals surface area contributed by atoms with Crippen molar-refractivity contribution < 1.29 is 19.0 Å². The van der Waals surface area contributed by atoms with Crippen molar-refractivity contribution in [3.05, 3.63) is 64.5 Å². The van der Waals surface area contributed by atoms with Crippen LogP contribution in [0.2, 0.25) is 0 Å². The van der Waals surface area contributed by atoms with Crippen molar-refractivity contribution in [3.63, 3.8) is 0 Å². The molecule has 0 bridgehead atoms. The van der Waals surface area contributed by atoms with Crippen molar-refractivity contribution in [3.8, 4) is 5.75 Å². The predicted molar refractivity (Wildman–Crippen MR) is 102 cm³/mol. The maximum absolute atomic E-state index is 13.7. The van der Waals surface area contributed by atoms with Crippen molar-refractivity contribution in [1.29, 1.82) is 0 Å². The van der Waals surface area contributed by atoms with Crippen LogP contribution in [-0.4, -0.2) is 28.1 Å². The fourth-order valence-electron chi connectivity index (χ4n) is 3.59. The first-order valence-electron chi connectivity index (χ1n) is 9.22. The monoisotopic (exact) mass is 371 g/mol. The quantitative estimate of drug-likeness (QED) is 0.850. The summed E-state index contributed by atoms with van der Waals surface area (Å²) in [7, 11) is 0. The number of rotatable bonds is 5. The molecule has 0 spiro atoms. The minimum absolute atomic E-state index is 0.125. The van der Waals surface area contributed by atoms with Crippen LogP contribution in [0.1, 0.15) is 42.5 Å². The summed E-state index contributed by atoms with van der Waals surface area (Å²) in [6.45, 7) is 8.15. The Hall–Kier alpha value is -2.40. The summed E-state index contributed by atoms with van der Waals surface area (Å²) in [4.78, 5) is 13.1. The van der Waals surface area contributed by atoms with Crippen molar-refractivity contribution in [1.82, 2.24) is 4.90 Å². The van der Waals surface area contributed by atoms with Gasteiger partial charge in [0.2, 0.25) is 0 Å². The Bertz CT molecular complexity index is 847. The SMILES string of the molecule is Cc1ccc(CCC(=O)O)cc1CN1Cc2cc(F)ccc2OC(C)(C)C1. The molecule has 1 heterocycles. The van der Waals surface area contributed by atoms with Gasteiger partial charge in [0.15, 0.2) is 0 Å². The average molecular weight is 371 g/mol. The number of carbonyl (C=O) groups is 1. The molecule has 1 aliphatic heterocycles. The third-order valence-electron chi connectivity index (χ3n) is 4.84. The molecular formula is C22H26FNO3. The Labute approximate surface area is 159 Å². The number of carboxylic acid groups (broad SMARTS) is 1. The lowest BCUT2D eigenvalue weighted by Gasteiger charge is -2.30. The van der Waals surface area contributed by atoms with Crippen LogP contribution in [-0.2, 0) is 24.3 Å². The van der Waals surface area contributed by atoms with Gasteiger partial charge in [-0.3, -0.25) is 9.69 Å². The maximum Gasteiger partial charge on any atom is 0.303 e. The second-order valence-corrected chi connectivity index (χ2v) is 7.91. The number of hydrogen-bond donors (Lipinski definition) is 1. The summed E-state index contributed by atoms with van der Waals surface area (Å²) >= 11 is 0. The number of nitrogens with zero attached hydrogens (tertiary/aromatic N) is 1. The van der Waals surface area contributed by atoms with Crippen molar-refractivity contribution in [2.45, 2.75) is 52.3 Å². The van der Waals surface area contributed by atoms with Gasteiger partial charge in [-0.1, -0.05) is 18.2 Å². The molecule has 144 valence electrons. The summed E-state index contributed by atoms with van der Waals surface area (Å²) in [5.41, 5.74) is 3.80. The van der Waals surface area contributed by atoms with Crippen molar-refractivity contribution >= 4 is 5.97 Å². The van der Waals surface area contributed by atoms with E-state index in [1.54, 1.807) is 12.1 Å². The van der Waals surface area contributed by atoms with Gasteiger partial charge in [-0.2, -0.15) is 0 Å². The Morgan fingerprint density at radius 2 is 2.04 bits per heavy atom. The summed E-state index contributed by atoms with van der Waals surface area (Å²) in [5, 5.41) is 8.91. The molecule has 2 aromatic carbocycles. The second-order valence-electron chi connectivity index (χ2n) is 7.91. The average Bonchev–Trinajstić information content (AvgIpc) is 2.69. The number of carboxylic acids is 1. The molecule has 0 fully saturated rings. The third-order valence-corrected chi connectivity index (χ3v) is 4.84. The zero-order valence-corrected chi connectivity index (χ0v) is 16.1. The van der Waals surface area contributed by atoms with Gasteiger partial charge in [-0.25, -0.2) is 4.39 Å². The molecule has 0 aromatic heterocycles. The summed E-state index contributed by atoms with van der Waals surface area (Å²) in [5.74, 6) is -0.318. The van der Waals surface area contributed by atoms with Crippen LogP contribution < -0.4 is 4.74 Å². The van der Waals surface area contributed by atoms with Crippen LogP contribution in [0.15, 0.2) is 36.4 Å². The number of benzene rings is 2. The number of aryl methyl sites for hydroxylation is 2. The molecule has 0 aliphatic carbocycles. The molecule has 4 nitrogen and oxygen atoms in total. The molecule has 0 unspecified atom stereocenters. The summed E-state index contributed by atoms with van der Waals surface area (Å²) < 4.78 is 19.8. The van der Waals surface area contributed by atoms with Gasteiger partial charge in [0.05, 0.1) is 0 Å². The van der Waals surface area contributed by atoms with Gasteiger partial charge < -0.3 is 9.84 Å². The normalized spacial score (nSPS) is 16.3. The van der Waals surface area contributed by atoms with Crippen LogP contribution in [0.4, 0.5) is 4.39 Å². The highest BCUT2D eigenvalue weighted by molar-refractivity contribution is 5.67. The highest BCUT2D eigenvalue weighted by atomic mass is 19.1. The Morgan fingerprint density at radius 1 is 1.26 bits per heavy atom. The molecule has 1 N–H and O–H groups in total. The van der Waals surface area contributed by atoms with E-state index in [0.29, 0.717) is 26.1 Å². The van der Waals surface area contributed by atoms with E-state index >= 15 is 0 Å². The number of halogens is 1. The van der Waals surface area contributed by atoms with E-state index in [1.807, 2.05) is 26.0 Å². The van der Waals surface area contributed by atoms with Gasteiger partial charge in [0, 0.05) is 31.6 Å². The van der Waals surface area contributed by atoms with E-state index in [9.17, 15) is 9.18 Å². The van der Waals surface area contributed by atoms with Gasteiger partial charge in [0.25, 0.3) is 0 Å². The third kappa shape index (κ3) is 5.07. The number of hydrogen-bond acceptors (Lipinski definition) is 3. The zero-order chi connectivity index (χ0) is 19.6. The second kappa shape index (κ2) is 7.69.